The van der Waals surface area contributed by atoms with E-state index in [-0.39, 0.29) is 72.1 Å². The molecule has 4 aliphatic rings. The van der Waals surface area contributed by atoms with Crippen LogP contribution in [0, 0.1) is 63.2 Å². The molecule has 0 N–H and O–H groups in total. The second-order valence-electron chi connectivity index (χ2n) is 24.8. The fourth-order valence-electron chi connectivity index (χ4n) is 12.3. The van der Waals surface area contributed by atoms with Gasteiger partial charge in [0.1, 0.15) is 23.1 Å². The summed E-state index contributed by atoms with van der Waals surface area (Å²) in [6.45, 7) is 24.4. The molecule has 0 unspecified atom stereocenters. The van der Waals surface area contributed by atoms with E-state index in [9.17, 15) is 33.6 Å². The predicted molar refractivity (Wildman–Crippen MR) is 323 cm³/mol. The number of Topliss-reactive ketones (excluding diaryl/α,β-unsaturated/α-hetero) is 4. The summed E-state index contributed by atoms with van der Waals surface area (Å²) >= 11 is 18.3. The average Bonchev–Trinajstić information content (AvgIpc) is 4.01. The van der Waals surface area contributed by atoms with Crippen molar-refractivity contribution >= 4 is 75.8 Å². The van der Waals surface area contributed by atoms with E-state index in [2.05, 4.69) is 13.8 Å². The van der Waals surface area contributed by atoms with Gasteiger partial charge in [0, 0.05) is 79.3 Å². The van der Waals surface area contributed by atoms with Crippen LogP contribution in [0.3, 0.4) is 0 Å². The number of carbonyl (C=O) groups is 7. The normalized spacial score (nSPS) is 19.4. The van der Waals surface area contributed by atoms with Crippen molar-refractivity contribution in [2.24, 2.45) is 21.7 Å². The molecule has 452 valence electrons. The van der Waals surface area contributed by atoms with Crippen LogP contribution in [0.5, 0.6) is 0 Å². The van der Waals surface area contributed by atoms with E-state index in [0.29, 0.717) is 112 Å². The van der Waals surface area contributed by atoms with Crippen LogP contribution in [0.25, 0.3) is 0 Å². The minimum absolute atomic E-state index is 0.00122. The largest absolute Gasteiger partial charge is 0.465 e. The van der Waals surface area contributed by atoms with E-state index in [1.807, 2.05) is 98.7 Å². The Morgan fingerprint density at radius 1 is 0.439 bits per heavy atom. The molecule has 3 aromatic carbocycles. The number of aryl methyl sites for hydroxylation is 6. The van der Waals surface area contributed by atoms with E-state index in [4.69, 9.17) is 58.5 Å². The van der Waals surface area contributed by atoms with E-state index < -0.39 is 22.0 Å². The van der Waals surface area contributed by atoms with Crippen molar-refractivity contribution in [1.29, 1.82) is 0 Å². The van der Waals surface area contributed by atoms with Gasteiger partial charge in [0.2, 0.25) is 0 Å². The molecule has 0 aromatic heterocycles. The molecule has 82 heavy (non-hydrogen) atoms. The summed E-state index contributed by atoms with van der Waals surface area (Å²) < 4.78 is 28.0. The topological polar surface area (TPSA) is 166 Å². The molecule has 1 spiro atoms. The lowest BCUT2D eigenvalue weighted by atomic mass is 9.63. The molecule has 7 rings (SSSR count). The summed E-state index contributed by atoms with van der Waals surface area (Å²) in [5.74, 6) is -1.04. The lowest BCUT2D eigenvalue weighted by molar-refractivity contribution is -0.200. The van der Waals surface area contributed by atoms with E-state index >= 15 is 0 Å². The Morgan fingerprint density at radius 3 is 0.988 bits per heavy atom. The zero-order valence-corrected chi connectivity index (χ0v) is 53.1. The minimum Gasteiger partial charge on any atom is -0.465 e. The minimum atomic E-state index is -0.853. The van der Waals surface area contributed by atoms with Crippen molar-refractivity contribution in [1.82, 2.24) is 0 Å². The number of esters is 3. The van der Waals surface area contributed by atoms with Crippen LogP contribution in [0.2, 0.25) is 15.1 Å². The number of benzene rings is 3. The molecule has 3 saturated carbocycles. The first-order valence-electron chi connectivity index (χ1n) is 29.8. The highest BCUT2D eigenvalue weighted by atomic mass is 35.5. The molecule has 0 atom stereocenters. The van der Waals surface area contributed by atoms with Crippen LogP contribution >= 0.6 is 34.8 Å². The third kappa shape index (κ3) is 18.8. The summed E-state index contributed by atoms with van der Waals surface area (Å²) in [5.41, 5.74) is 6.91. The van der Waals surface area contributed by atoms with Gasteiger partial charge in [0.15, 0.2) is 5.79 Å². The highest BCUT2D eigenvalue weighted by molar-refractivity contribution is 6.31. The van der Waals surface area contributed by atoms with Gasteiger partial charge in [-0.3, -0.25) is 33.6 Å². The first kappa shape index (κ1) is 68.3. The summed E-state index contributed by atoms with van der Waals surface area (Å²) in [6.07, 6.45) is 10.9. The smallest absolute Gasteiger partial charge is 0.312 e. The third-order valence-electron chi connectivity index (χ3n) is 17.4. The first-order chi connectivity index (χ1) is 38.6. The monoisotopic (exact) mass is 1190 g/mol. The zero-order chi connectivity index (χ0) is 60.6. The number of carbonyl (C=O) groups excluding carboxylic acids is 7. The highest BCUT2D eigenvalue weighted by Crippen LogP contribution is 2.50. The standard InChI is InChI=1S/C23H31ClO5.C23H33ClO3.C21H27ClO4/c1-4-9-27-21(26)22(5-7-23(8-6-22)28-10-11-29-23)15-19(25)14-20-16(2)12-18(24)13-17(20)3;1-6-11-27-21(26)23(9-7-22(4,5)8-10-23)15-19(25)14-20-16(2)12-18(24)13-17(20)3;1-4-9-26-20(25)21(7-5-17(23)6-8-21)13-18(24)12-19-14(2)10-16(22)11-15(19)3/h12-13H,4-11,14-15H2,1-3H3;12-13H,6-11,14-15H2,1-5H3;10-11H,4-9,12-13H2,1-3H3. The maximum atomic E-state index is 13.1. The zero-order valence-electron chi connectivity index (χ0n) is 50.9. The van der Waals surface area contributed by atoms with Gasteiger partial charge in [-0.05, 0) is 204 Å². The van der Waals surface area contributed by atoms with E-state index in [1.54, 1.807) is 0 Å². The van der Waals surface area contributed by atoms with Crippen molar-refractivity contribution in [2.75, 3.05) is 33.0 Å². The number of halogens is 3. The Labute approximate surface area is 503 Å². The molecule has 0 radical (unpaired) electrons. The Bertz CT molecular complexity index is 2670. The molecule has 3 aromatic rings. The van der Waals surface area contributed by atoms with E-state index in [1.165, 1.54) is 0 Å². The van der Waals surface area contributed by atoms with Gasteiger partial charge in [-0.25, -0.2) is 0 Å². The number of hydrogen-bond donors (Lipinski definition) is 0. The Hall–Kier alpha value is -4.46. The Kier molecular flexibility index (Phi) is 25.5. The lowest BCUT2D eigenvalue weighted by Crippen LogP contribution is -2.45. The molecule has 1 heterocycles. The lowest BCUT2D eigenvalue weighted by Gasteiger charge is -2.41. The van der Waals surface area contributed by atoms with E-state index in [0.717, 1.165) is 95.0 Å². The summed E-state index contributed by atoms with van der Waals surface area (Å²) in [7, 11) is 0. The molecular formula is C67H91Cl3O12. The summed E-state index contributed by atoms with van der Waals surface area (Å²) in [4.78, 5) is 89.0. The van der Waals surface area contributed by atoms with Crippen molar-refractivity contribution in [3.63, 3.8) is 0 Å². The molecule has 1 saturated heterocycles. The van der Waals surface area contributed by atoms with Gasteiger partial charge in [-0.15, -0.1) is 0 Å². The van der Waals surface area contributed by atoms with Crippen LogP contribution in [-0.2, 0) is 76.5 Å². The maximum absolute atomic E-state index is 13.1. The van der Waals surface area contributed by atoms with Crippen molar-refractivity contribution in [3.8, 4) is 0 Å². The molecule has 4 fully saturated rings. The van der Waals surface area contributed by atoms with Gasteiger partial charge in [-0.2, -0.15) is 0 Å². The fraction of sp³-hybridized carbons (Fsp3) is 0.627. The van der Waals surface area contributed by atoms with Gasteiger partial charge >= 0.3 is 17.9 Å². The summed E-state index contributed by atoms with van der Waals surface area (Å²) in [6, 6.07) is 11.2. The van der Waals surface area contributed by atoms with Crippen LogP contribution in [0.4, 0.5) is 0 Å². The van der Waals surface area contributed by atoms with Gasteiger partial charge < -0.3 is 23.7 Å². The van der Waals surface area contributed by atoms with Crippen molar-refractivity contribution in [3.05, 3.63) is 102 Å². The van der Waals surface area contributed by atoms with Crippen LogP contribution in [0.15, 0.2) is 36.4 Å². The molecule has 15 heteroatoms. The number of rotatable bonds is 21. The SMILES string of the molecule is CCCOC(=O)C1(CC(=O)Cc2c(C)cc(Cl)cc2C)CCC(=O)CC1.CCCOC(=O)C1(CC(=O)Cc2c(C)cc(Cl)cc2C)CCC(C)(C)CC1.CCCOC(=O)C1(CC(=O)Cc2c(C)cc(Cl)cc2C)CCC2(CC1)OCCO2. The second-order valence-corrected chi connectivity index (χ2v) is 26.1. The number of ether oxygens (including phenoxy) is 5. The maximum Gasteiger partial charge on any atom is 0.312 e. The molecule has 1 aliphatic heterocycles. The third-order valence-corrected chi connectivity index (χ3v) is 18.1. The highest BCUT2D eigenvalue weighted by Gasteiger charge is 2.52. The quantitative estimate of drug-likeness (QED) is 0.0733. The molecule has 12 nitrogen and oxygen atoms in total. The molecule has 3 aliphatic carbocycles. The van der Waals surface area contributed by atoms with Crippen LogP contribution in [0.1, 0.15) is 200 Å². The molecular weight excluding hydrogens is 1100 g/mol. The molecule has 0 amide bonds. The van der Waals surface area contributed by atoms with Crippen LogP contribution < -0.4 is 0 Å². The average molecular weight is 1190 g/mol. The van der Waals surface area contributed by atoms with Crippen molar-refractivity contribution < 1.29 is 57.2 Å². The Balaban J connectivity index is 0.000000226. The fourth-order valence-corrected chi connectivity index (χ4v) is 13.3. The molecule has 0 bridgehead atoms. The number of hydrogen-bond acceptors (Lipinski definition) is 12. The summed E-state index contributed by atoms with van der Waals surface area (Å²) in [5, 5.41) is 2.02. The van der Waals surface area contributed by atoms with Gasteiger partial charge in [-0.1, -0.05) is 69.4 Å². The van der Waals surface area contributed by atoms with Gasteiger partial charge in [0.05, 0.1) is 49.3 Å². The van der Waals surface area contributed by atoms with Gasteiger partial charge in [0.25, 0.3) is 0 Å². The van der Waals surface area contributed by atoms with Crippen LogP contribution in [-0.4, -0.2) is 79.9 Å². The Morgan fingerprint density at radius 2 is 0.707 bits per heavy atom. The first-order valence-corrected chi connectivity index (χ1v) is 30.9. The van der Waals surface area contributed by atoms with Crippen molar-refractivity contribution in [2.45, 2.75) is 217 Å². The predicted octanol–water partition coefficient (Wildman–Crippen LogP) is 15.3. The second kappa shape index (κ2) is 30.6. The number of ketones is 4.